The lowest BCUT2D eigenvalue weighted by atomic mass is 10.7. The number of rotatable bonds is 4. The van der Waals surface area contributed by atoms with Gasteiger partial charge in [0.2, 0.25) is 0 Å². The minimum absolute atomic E-state index is 0.248. The molecular weight excluding hydrogens is 144 g/mol. The monoisotopic (exact) mass is 158 g/mol. The van der Waals surface area contributed by atoms with Gasteiger partial charge in [0.25, 0.3) is 0 Å². The Morgan fingerprint density at radius 1 is 1.55 bits per heavy atom. The molecule has 0 rings (SSSR count). The highest BCUT2D eigenvalue weighted by Crippen LogP contribution is 1.87. The van der Waals surface area contributed by atoms with Crippen LogP contribution in [0.15, 0.2) is 12.7 Å². The van der Waals surface area contributed by atoms with E-state index in [-0.39, 0.29) is 6.73 Å². The van der Waals surface area contributed by atoms with Crippen LogP contribution in [-0.4, -0.2) is 43.9 Å². The molecule has 0 fully saturated rings. The number of carbonyl (C=O) groups excluding carboxylic acids is 1. The summed E-state index contributed by atoms with van der Waals surface area (Å²) in [5.74, 6) is -0.404. The van der Waals surface area contributed by atoms with Crippen LogP contribution in [0.3, 0.4) is 0 Å². The van der Waals surface area contributed by atoms with E-state index in [0.717, 1.165) is 6.08 Å². The quantitative estimate of drug-likeness (QED) is 0.251. The molecular formula is C7H14N2O2. The fourth-order valence-electron chi connectivity index (χ4n) is 0.331. The summed E-state index contributed by atoms with van der Waals surface area (Å²) in [6.07, 6.45) is 1.14. The van der Waals surface area contributed by atoms with Gasteiger partial charge in [0.1, 0.15) is 0 Å². The molecule has 4 nitrogen and oxygen atoms in total. The van der Waals surface area contributed by atoms with Gasteiger partial charge in [0.05, 0.1) is 0 Å². The first-order valence-electron chi connectivity index (χ1n) is 3.25. The van der Waals surface area contributed by atoms with E-state index in [1.807, 2.05) is 26.2 Å². The molecule has 0 atom stereocenters. The highest BCUT2D eigenvalue weighted by atomic mass is 16.5. The molecule has 0 heterocycles. The highest BCUT2D eigenvalue weighted by Gasteiger charge is 2.01. The first-order chi connectivity index (χ1) is 5.07. The van der Waals surface area contributed by atoms with Crippen molar-refractivity contribution in [3.63, 3.8) is 0 Å². The van der Waals surface area contributed by atoms with Gasteiger partial charge in [-0.1, -0.05) is 6.58 Å². The lowest BCUT2D eigenvalue weighted by Gasteiger charge is -2.22. The summed E-state index contributed by atoms with van der Waals surface area (Å²) in [6, 6.07) is 0. The molecule has 0 unspecified atom stereocenters. The van der Waals surface area contributed by atoms with Gasteiger partial charge in [-0.3, -0.25) is 0 Å². The summed E-state index contributed by atoms with van der Waals surface area (Å²) in [4.78, 5) is 10.6. The van der Waals surface area contributed by atoms with Crippen molar-refractivity contribution in [1.82, 2.24) is 10.0 Å². The Bertz CT molecular complexity index is 145. The largest absolute Gasteiger partial charge is 0.445 e. The van der Waals surface area contributed by atoms with E-state index in [9.17, 15) is 4.79 Å². The van der Waals surface area contributed by atoms with Crippen LogP contribution in [0.1, 0.15) is 0 Å². The molecule has 0 aliphatic rings. The molecule has 0 aromatic heterocycles. The van der Waals surface area contributed by atoms with Crippen molar-refractivity contribution in [2.75, 3.05) is 27.9 Å². The zero-order chi connectivity index (χ0) is 8.85. The second kappa shape index (κ2) is 4.87. The van der Waals surface area contributed by atoms with E-state index < -0.39 is 5.97 Å². The van der Waals surface area contributed by atoms with Gasteiger partial charge in [-0.25, -0.2) is 14.8 Å². The van der Waals surface area contributed by atoms with Gasteiger partial charge in [-0.05, 0) is 0 Å². The number of hydrogen-bond donors (Lipinski definition) is 0. The van der Waals surface area contributed by atoms with Crippen LogP contribution >= 0.6 is 0 Å². The summed E-state index contributed by atoms with van der Waals surface area (Å²) in [5.41, 5.74) is 0. The van der Waals surface area contributed by atoms with Crippen molar-refractivity contribution in [1.29, 1.82) is 0 Å². The summed E-state index contributed by atoms with van der Waals surface area (Å²) in [5, 5.41) is 3.57. The minimum atomic E-state index is -0.404. The topological polar surface area (TPSA) is 32.8 Å². The maximum atomic E-state index is 10.6. The predicted molar refractivity (Wildman–Crippen MR) is 42.6 cm³/mol. The smallest absolute Gasteiger partial charge is 0.331 e. The van der Waals surface area contributed by atoms with Crippen molar-refractivity contribution in [3.8, 4) is 0 Å². The minimum Gasteiger partial charge on any atom is -0.445 e. The number of hydrogen-bond acceptors (Lipinski definition) is 4. The van der Waals surface area contributed by atoms with Crippen LogP contribution in [-0.2, 0) is 9.53 Å². The second-order valence-corrected chi connectivity index (χ2v) is 2.30. The van der Waals surface area contributed by atoms with Crippen LogP contribution in [0.25, 0.3) is 0 Å². The Morgan fingerprint density at radius 3 is 2.45 bits per heavy atom. The van der Waals surface area contributed by atoms with Gasteiger partial charge in [0, 0.05) is 27.2 Å². The molecule has 0 aromatic rings. The van der Waals surface area contributed by atoms with Gasteiger partial charge >= 0.3 is 5.97 Å². The fraction of sp³-hybridized carbons (Fsp3) is 0.571. The third kappa shape index (κ3) is 4.52. The lowest BCUT2D eigenvalue weighted by molar-refractivity contribution is -0.148. The molecule has 0 aliphatic heterocycles. The van der Waals surface area contributed by atoms with Crippen molar-refractivity contribution in [2.24, 2.45) is 0 Å². The number of hydrazine groups is 1. The van der Waals surface area contributed by atoms with Crippen molar-refractivity contribution < 1.29 is 9.53 Å². The zero-order valence-corrected chi connectivity index (χ0v) is 7.20. The van der Waals surface area contributed by atoms with Gasteiger partial charge in [0.15, 0.2) is 6.73 Å². The molecule has 0 bridgehead atoms. The number of esters is 1. The average molecular weight is 158 g/mol. The van der Waals surface area contributed by atoms with Crippen molar-refractivity contribution in [2.45, 2.75) is 0 Å². The van der Waals surface area contributed by atoms with Crippen LogP contribution in [0.5, 0.6) is 0 Å². The van der Waals surface area contributed by atoms with Crippen molar-refractivity contribution >= 4 is 5.97 Å². The predicted octanol–water partition coefficient (Wildman–Crippen LogP) is 0.0815. The van der Waals surface area contributed by atoms with Gasteiger partial charge < -0.3 is 4.74 Å². The number of nitrogens with zero attached hydrogens (tertiary/aromatic N) is 2. The Hall–Kier alpha value is -0.870. The van der Waals surface area contributed by atoms with Gasteiger partial charge in [-0.15, -0.1) is 0 Å². The number of ether oxygens (including phenoxy) is 1. The molecule has 0 saturated carbocycles. The summed E-state index contributed by atoms with van der Waals surface area (Å²) in [6.45, 7) is 3.52. The van der Waals surface area contributed by atoms with E-state index in [4.69, 9.17) is 4.74 Å². The van der Waals surface area contributed by atoms with E-state index in [0.29, 0.717) is 0 Å². The summed E-state index contributed by atoms with van der Waals surface area (Å²) >= 11 is 0. The SMILES string of the molecule is C=CC(=O)OCN(C)N(C)C. The van der Waals surface area contributed by atoms with E-state index in [2.05, 4.69) is 6.58 Å². The highest BCUT2D eigenvalue weighted by molar-refractivity contribution is 5.81. The van der Waals surface area contributed by atoms with E-state index in [1.165, 1.54) is 0 Å². The normalized spacial score (nSPS) is 10.3. The molecule has 0 spiro atoms. The molecule has 11 heavy (non-hydrogen) atoms. The standard InChI is InChI=1S/C7H14N2O2/c1-5-7(10)11-6-9(4)8(2)3/h5H,1,6H2,2-4H3. The maximum Gasteiger partial charge on any atom is 0.331 e. The van der Waals surface area contributed by atoms with E-state index >= 15 is 0 Å². The molecule has 64 valence electrons. The average Bonchev–Trinajstić information content (AvgIpc) is 1.99. The Balaban J connectivity index is 3.53. The van der Waals surface area contributed by atoms with Crippen LogP contribution in [0, 0.1) is 0 Å². The van der Waals surface area contributed by atoms with Crippen LogP contribution < -0.4 is 0 Å². The van der Waals surface area contributed by atoms with Gasteiger partial charge in [-0.2, -0.15) is 0 Å². The molecule has 0 saturated heterocycles. The molecule has 0 aliphatic carbocycles. The molecule has 0 N–H and O–H groups in total. The zero-order valence-electron chi connectivity index (χ0n) is 7.20. The lowest BCUT2D eigenvalue weighted by Crippen LogP contribution is -2.35. The maximum absolute atomic E-state index is 10.6. The first kappa shape index (κ1) is 10.1. The molecule has 4 heteroatoms. The summed E-state index contributed by atoms with van der Waals surface area (Å²) in [7, 11) is 5.54. The summed E-state index contributed by atoms with van der Waals surface area (Å²) < 4.78 is 4.74. The Morgan fingerprint density at radius 2 is 2.09 bits per heavy atom. The fourth-order valence-corrected chi connectivity index (χ4v) is 0.331. The molecule has 0 amide bonds. The van der Waals surface area contributed by atoms with Crippen molar-refractivity contribution in [3.05, 3.63) is 12.7 Å². The van der Waals surface area contributed by atoms with Crippen LogP contribution in [0.2, 0.25) is 0 Å². The molecule has 0 radical (unpaired) electrons. The third-order valence-electron chi connectivity index (χ3n) is 1.24. The van der Waals surface area contributed by atoms with E-state index in [1.54, 1.807) is 5.01 Å². The first-order valence-corrected chi connectivity index (χ1v) is 3.25. The van der Waals surface area contributed by atoms with Crippen LogP contribution in [0.4, 0.5) is 0 Å². The Kier molecular flexibility index (Phi) is 4.49. The third-order valence-corrected chi connectivity index (χ3v) is 1.24. The Labute approximate surface area is 67.0 Å². The number of carbonyl (C=O) groups is 1. The molecule has 0 aromatic carbocycles. The second-order valence-electron chi connectivity index (χ2n) is 2.30.